The Morgan fingerprint density at radius 3 is 2.50 bits per heavy atom. The van der Waals surface area contributed by atoms with Crippen molar-refractivity contribution in [1.82, 2.24) is 5.32 Å². The van der Waals surface area contributed by atoms with E-state index < -0.39 is 0 Å². The summed E-state index contributed by atoms with van der Waals surface area (Å²) in [7, 11) is 0. The maximum absolute atomic E-state index is 5.85. The Morgan fingerprint density at radius 1 is 1.31 bits per heavy atom. The summed E-state index contributed by atoms with van der Waals surface area (Å²) in [6, 6.07) is 8.07. The van der Waals surface area contributed by atoms with Gasteiger partial charge in [0.2, 0.25) is 0 Å². The van der Waals surface area contributed by atoms with Gasteiger partial charge < -0.3 is 5.32 Å². The Labute approximate surface area is 107 Å². The Balaban J connectivity index is 1.77. The molecule has 0 aliphatic heterocycles. The number of nitrogens with one attached hydrogen (secondary N) is 1. The summed E-state index contributed by atoms with van der Waals surface area (Å²) >= 11 is 7.86. The van der Waals surface area contributed by atoms with Crippen molar-refractivity contribution in [3.8, 4) is 0 Å². The molecule has 1 nitrogen and oxygen atoms in total. The fraction of sp³-hybridized carbons (Fsp3) is 0.538. The maximum atomic E-state index is 5.85. The van der Waals surface area contributed by atoms with Gasteiger partial charge >= 0.3 is 0 Å². The number of hydrogen-bond donors (Lipinski definition) is 1. The van der Waals surface area contributed by atoms with E-state index in [1.165, 1.54) is 24.8 Å². The quantitative estimate of drug-likeness (QED) is 0.861. The van der Waals surface area contributed by atoms with Gasteiger partial charge in [-0.15, -0.1) is 0 Å². The fourth-order valence-electron chi connectivity index (χ4n) is 2.06. The molecule has 0 unspecified atom stereocenters. The van der Waals surface area contributed by atoms with E-state index in [4.69, 9.17) is 11.6 Å². The third-order valence-electron chi connectivity index (χ3n) is 3.39. The first-order valence-corrected chi connectivity index (χ1v) is 7.35. The molecule has 0 heterocycles. The van der Waals surface area contributed by atoms with E-state index in [0.29, 0.717) is 4.75 Å². The monoisotopic (exact) mass is 255 g/mol. The Bertz CT molecular complexity index is 327. The minimum Gasteiger partial charge on any atom is -0.311 e. The zero-order chi connectivity index (χ0) is 11.4. The van der Waals surface area contributed by atoms with Gasteiger partial charge in [0.15, 0.2) is 0 Å². The van der Waals surface area contributed by atoms with Gasteiger partial charge in [-0.05, 0) is 36.8 Å². The van der Waals surface area contributed by atoms with Gasteiger partial charge in [0.1, 0.15) is 0 Å². The number of halogens is 1. The summed E-state index contributed by atoms with van der Waals surface area (Å²) < 4.78 is 0.520. The smallest absolute Gasteiger partial charge is 0.0406 e. The summed E-state index contributed by atoms with van der Waals surface area (Å²) in [4.78, 5) is 0. The minimum atomic E-state index is 0.520. The summed E-state index contributed by atoms with van der Waals surface area (Å²) in [5.41, 5.74) is 1.31. The van der Waals surface area contributed by atoms with Crippen molar-refractivity contribution in [3.63, 3.8) is 0 Å². The third kappa shape index (κ3) is 2.93. The van der Waals surface area contributed by atoms with Crippen LogP contribution in [0.2, 0.25) is 5.02 Å². The molecule has 0 radical (unpaired) electrons. The first-order valence-electron chi connectivity index (χ1n) is 5.74. The van der Waals surface area contributed by atoms with E-state index in [-0.39, 0.29) is 0 Å². The third-order valence-corrected chi connectivity index (χ3v) is 5.06. The topological polar surface area (TPSA) is 12.0 Å². The molecule has 16 heavy (non-hydrogen) atoms. The molecule has 1 aromatic rings. The van der Waals surface area contributed by atoms with Crippen molar-refractivity contribution in [1.29, 1.82) is 0 Å². The van der Waals surface area contributed by atoms with Gasteiger partial charge in [-0.1, -0.05) is 30.2 Å². The normalized spacial score (nSPS) is 18.1. The molecule has 88 valence electrons. The van der Waals surface area contributed by atoms with E-state index in [2.05, 4.69) is 23.7 Å². The highest BCUT2D eigenvalue weighted by atomic mass is 35.5. The van der Waals surface area contributed by atoms with E-state index >= 15 is 0 Å². The molecular weight excluding hydrogens is 238 g/mol. The molecule has 0 bridgehead atoms. The van der Waals surface area contributed by atoms with Crippen molar-refractivity contribution in [2.24, 2.45) is 0 Å². The number of hydrogen-bond acceptors (Lipinski definition) is 2. The molecule has 1 aromatic carbocycles. The second kappa shape index (κ2) is 5.44. The van der Waals surface area contributed by atoms with E-state index in [1.807, 2.05) is 23.9 Å². The average Bonchev–Trinajstić information content (AvgIpc) is 2.25. The number of thioether (sulfide) groups is 1. The molecule has 1 fully saturated rings. The Kier molecular flexibility index (Phi) is 4.17. The van der Waals surface area contributed by atoms with Crippen LogP contribution in [-0.2, 0) is 6.54 Å². The maximum Gasteiger partial charge on any atom is 0.0406 e. The number of benzene rings is 1. The highest BCUT2D eigenvalue weighted by molar-refractivity contribution is 8.00. The van der Waals surface area contributed by atoms with Crippen LogP contribution in [0.4, 0.5) is 0 Å². The second-order valence-corrected chi connectivity index (χ2v) is 6.18. The SMILES string of the molecule is CSC1(CNCc2ccc(Cl)cc2)CCC1. The zero-order valence-corrected chi connectivity index (χ0v) is 11.2. The summed E-state index contributed by atoms with van der Waals surface area (Å²) in [5.74, 6) is 0. The summed E-state index contributed by atoms with van der Waals surface area (Å²) in [5, 5.41) is 4.36. The van der Waals surface area contributed by atoms with E-state index in [0.717, 1.165) is 18.1 Å². The molecule has 2 rings (SSSR count). The first kappa shape index (κ1) is 12.3. The fourth-order valence-corrected chi connectivity index (χ4v) is 3.13. The van der Waals surface area contributed by atoms with Crippen LogP contribution in [0.5, 0.6) is 0 Å². The lowest BCUT2D eigenvalue weighted by molar-refractivity contribution is 0.345. The van der Waals surface area contributed by atoms with Crippen LogP contribution in [0.3, 0.4) is 0 Å². The molecule has 0 aromatic heterocycles. The van der Waals surface area contributed by atoms with Gasteiger partial charge in [-0.2, -0.15) is 11.8 Å². The second-order valence-electron chi connectivity index (χ2n) is 4.47. The predicted molar refractivity (Wildman–Crippen MR) is 73.3 cm³/mol. The summed E-state index contributed by atoms with van der Waals surface area (Å²) in [6.07, 6.45) is 6.34. The lowest BCUT2D eigenvalue weighted by atomic mass is 9.84. The van der Waals surface area contributed by atoms with Gasteiger partial charge in [0.05, 0.1) is 0 Å². The van der Waals surface area contributed by atoms with E-state index in [1.54, 1.807) is 0 Å². The van der Waals surface area contributed by atoms with Crippen LogP contribution in [0.15, 0.2) is 24.3 Å². The van der Waals surface area contributed by atoms with Crippen molar-refractivity contribution in [2.75, 3.05) is 12.8 Å². The van der Waals surface area contributed by atoms with Gasteiger partial charge in [-0.3, -0.25) is 0 Å². The van der Waals surface area contributed by atoms with Crippen molar-refractivity contribution >= 4 is 23.4 Å². The molecule has 1 saturated carbocycles. The van der Waals surface area contributed by atoms with Gasteiger partial charge in [0, 0.05) is 22.9 Å². The molecular formula is C13H18ClNS. The average molecular weight is 256 g/mol. The minimum absolute atomic E-state index is 0.520. The van der Waals surface area contributed by atoms with Crippen LogP contribution >= 0.6 is 23.4 Å². The molecule has 0 spiro atoms. The zero-order valence-electron chi connectivity index (χ0n) is 9.63. The van der Waals surface area contributed by atoms with Crippen LogP contribution in [-0.4, -0.2) is 17.5 Å². The van der Waals surface area contributed by atoms with Crippen molar-refractivity contribution in [2.45, 2.75) is 30.6 Å². The predicted octanol–water partition coefficient (Wildman–Crippen LogP) is 3.72. The molecule has 0 amide bonds. The Hall–Kier alpha value is -0.180. The van der Waals surface area contributed by atoms with Gasteiger partial charge in [-0.25, -0.2) is 0 Å². The highest BCUT2D eigenvalue weighted by Gasteiger charge is 2.35. The number of rotatable bonds is 5. The lowest BCUT2D eigenvalue weighted by Crippen LogP contribution is -2.43. The van der Waals surface area contributed by atoms with E-state index in [9.17, 15) is 0 Å². The molecule has 3 heteroatoms. The van der Waals surface area contributed by atoms with Crippen molar-refractivity contribution < 1.29 is 0 Å². The summed E-state index contributed by atoms with van der Waals surface area (Å²) in [6.45, 7) is 2.07. The molecule has 0 saturated heterocycles. The molecule has 1 aliphatic rings. The van der Waals surface area contributed by atoms with Gasteiger partial charge in [0.25, 0.3) is 0 Å². The first-order chi connectivity index (χ1) is 7.74. The Morgan fingerprint density at radius 2 is 2.00 bits per heavy atom. The largest absolute Gasteiger partial charge is 0.311 e. The van der Waals surface area contributed by atoms with Crippen LogP contribution in [0.1, 0.15) is 24.8 Å². The highest BCUT2D eigenvalue weighted by Crippen LogP contribution is 2.42. The van der Waals surface area contributed by atoms with Crippen molar-refractivity contribution in [3.05, 3.63) is 34.9 Å². The standard InChI is InChI=1S/C13H18ClNS/c1-16-13(7-2-8-13)10-15-9-11-3-5-12(14)6-4-11/h3-6,15H,2,7-10H2,1H3. The molecule has 0 atom stereocenters. The molecule has 1 N–H and O–H groups in total. The van der Waals surface area contributed by atoms with Crippen LogP contribution in [0.25, 0.3) is 0 Å². The van der Waals surface area contributed by atoms with Crippen LogP contribution in [0, 0.1) is 0 Å². The van der Waals surface area contributed by atoms with Crippen LogP contribution < -0.4 is 5.32 Å². The molecule has 1 aliphatic carbocycles. The lowest BCUT2D eigenvalue weighted by Gasteiger charge is -2.40.